The fraction of sp³-hybridized carbons (Fsp3) is 0.435. The van der Waals surface area contributed by atoms with Crippen molar-refractivity contribution >= 4 is 47.0 Å². The third-order valence-corrected chi connectivity index (χ3v) is 7.75. The second kappa shape index (κ2) is 9.55. The lowest BCUT2D eigenvalue weighted by Gasteiger charge is -2.57. The number of hydrogen-bond acceptors (Lipinski definition) is 7. The first kappa shape index (κ1) is 26.5. The van der Waals surface area contributed by atoms with Gasteiger partial charge >= 0.3 is 12.1 Å². The summed E-state index contributed by atoms with van der Waals surface area (Å²) in [5, 5.41) is 25.2. The number of aliphatic hydroxyl groups excluding tert-OH is 1. The lowest BCUT2D eigenvalue weighted by Crippen LogP contribution is -2.79. The van der Waals surface area contributed by atoms with Crippen molar-refractivity contribution < 1.29 is 37.4 Å². The summed E-state index contributed by atoms with van der Waals surface area (Å²) >= 11 is 18.9. The molecule has 2 aromatic rings. The highest BCUT2D eigenvalue weighted by atomic mass is 35.5. The number of carboxylic acid groups (broad SMARTS) is 1. The van der Waals surface area contributed by atoms with E-state index in [2.05, 4.69) is 10.1 Å². The highest BCUT2D eigenvalue weighted by Crippen LogP contribution is 2.48. The first-order valence-corrected chi connectivity index (χ1v) is 12.3. The minimum Gasteiger partial charge on any atom is -0.480 e. The van der Waals surface area contributed by atoms with E-state index in [1.807, 2.05) is 0 Å². The molecule has 37 heavy (non-hydrogen) atoms. The molecule has 1 saturated heterocycles. The van der Waals surface area contributed by atoms with Crippen LogP contribution in [-0.4, -0.2) is 68.0 Å². The fourth-order valence-electron chi connectivity index (χ4n) is 4.70. The Balaban J connectivity index is 1.50. The number of rotatable bonds is 7. The number of aliphatic imine (C=N–C) groups is 1. The topological polar surface area (TPSA) is 108 Å². The van der Waals surface area contributed by atoms with Gasteiger partial charge in [-0.1, -0.05) is 34.4 Å². The highest BCUT2D eigenvalue weighted by Gasteiger charge is 2.68. The van der Waals surface area contributed by atoms with Crippen molar-refractivity contribution in [1.82, 2.24) is 10.1 Å². The van der Waals surface area contributed by atoms with Crippen LogP contribution in [0.3, 0.4) is 0 Å². The Bertz CT molecular complexity index is 1260. The van der Waals surface area contributed by atoms with Crippen molar-refractivity contribution in [3.05, 3.63) is 51.7 Å². The maximum atomic E-state index is 13.9. The first-order chi connectivity index (χ1) is 17.5. The van der Waals surface area contributed by atoms with Gasteiger partial charge in [0.25, 0.3) is 0 Å². The maximum Gasteiger partial charge on any atom is 0.413 e. The van der Waals surface area contributed by atoms with E-state index in [1.54, 1.807) is 18.2 Å². The van der Waals surface area contributed by atoms with E-state index in [0.717, 1.165) is 36.1 Å². The zero-order valence-electron chi connectivity index (χ0n) is 18.7. The van der Waals surface area contributed by atoms with Crippen molar-refractivity contribution in [2.75, 3.05) is 0 Å². The Kier molecular flexibility index (Phi) is 6.83. The zero-order valence-corrected chi connectivity index (χ0v) is 21.0. The number of benzene rings is 1. The fourth-order valence-corrected chi connectivity index (χ4v) is 5.68. The number of allylic oxidation sites excluding steroid dienone is 1. The van der Waals surface area contributed by atoms with E-state index >= 15 is 0 Å². The lowest BCUT2D eigenvalue weighted by atomic mass is 9.82. The number of nitrogens with zero attached hydrogens (tertiary/aromatic N) is 3. The van der Waals surface area contributed by atoms with E-state index in [4.69, 9.17) is 44.1 Å². The number of likely N-dealkylation sites (tertiary alicyclic amines) is 1. The molecule has 14 heteroatoms. The van der Waals surface area contributed by atoms with Crippen LogP contribution in [0.1, 0.15) is 30.1 Å². The van der Waals surface area contributed by atoms with Crippen LogP contribution in [0.2, 0.25) is 10.0 Å². The van der Waals surface area contributed by atoms with Gasteiger partial charge in [0.15, 0.2) is 11.6 Å². The van der Waals surface area contributed by atoms with Crippen molar-refractivity contribution in [1.29, 1.82) is 0 Å². The summed E-state index contributed by atoms with van der Waals surface area (Å²) in [6.45, 7) is -0.298. The molecule has 1 saturated carbocycles. The van der Waals surface area contributed by atoms with E-state index in [-0.39, 0.29) is 18.2 Å². The van der Waals surface area contributed by atoms with E-state index in [0.29, 0.717) is 26.9 Å². The minimum atomic E-state index is -5.02. The van der Waals surface area contributed by atoms with E-state index in [1.165, 1.54) is 0 Å². The molecule has 0 amide bonds. The number of dihydropyridines is 1. The van der Waals surface area contributed by atoms with E-state index in [9.17, 15) is 28.2 Å². The van der Waals surface area contributed by atoms with Crippen LogP contribution in [0.4, 0.5) is 13.2 Å². The second-order valence-electron chi connectivity index (χ2n) is 8.95. The quantitative estimate of drug-likeness (QED) is 0.350. The van der Waals surface area contributed by atoms with Gasteiger partial charge in [-0.15, -0.1) is 11.6 Å². The molecule has 8 nitrogen and oxygen atoms in total. The number of ether oxygens (including phenoxy) is 1. The molecule has 5 atom stereocenters. The summed E-state index contributed by atoms with van der Waals surface area (Å²) in [4.78, 5) is 16.5. The summed E-state index contributed by atoms with van der Waals surface area (Å²) in [7, 11) is 0. The molecular formula is C23H19Cl3F3N3O5. The summed E-state index contributed by atoms with van der Waals surface area (Å²) < 4.78 is 53.2. The van der Waals surface area contributed by atoms with Crippen LogP contribution >= 0.6 is 34.8 Å². The number of alkyl halides is 4. The number of aliphatic carboxylic acids is 1. The van der Waals surface area contributed by atoms with E-state index < -0.39 is 41.6 Å². The van der Waals surface area contributed by atoms with Gasteiger partial charge in [0.05, 0.1) is 16.7 Å². The van der Waals surface area contributed by atoms with Gasteiger partial charge in [-0.2, -0.15) is 13.2 Å². The van der Waals surface area contributed by atoms with Gasteiger partial charge in [0.2, 0.25) is 0 Å². The van der Waals surface area contributed by atoms with Crippen molar-refractivity contribution in [3.63, 3.8) is 0 Å². The predicted octanol–water partition coefficient (Wildman–Crippen LogP) is 5.00. The average Bonchev–Trinajstić information content (AvgIpc) is 3.61. The Morgan fingerprint density at radius 2 is 1.95 bits per heavy atom. The Labute approximate surface area is 223 Å². The molecule has 0 radical (unpaired) electrons. The standard InChI is InChI=1S/C23H19Cl3F3N3O5/c24-12-3-1-4-13(25)14(12)15-11(17(37-31-15)10-5-6-10)9-36-19-16(33)18(26)32(19)22(21(34)35)7-2-8-30-20(22)23(27,28)29/h1-4,7-8,10,16,18-20,33H,5-6,9H2,(H,34,35). The highest BCUT2D eigenvalue weighted by molar-refractivity contribution is 6.39. The molecular weight excluding hydrogens is 562 g/mol. The van der Waals surface area contributed by atoms with Gasteiger partial charge in [-0.3, -0.25) is 4.99 Å². The third kappa shape index (κ3) is 4.35. The van der Waals surface area contributed by atoms with Crippen LogP contribution in [0.25, 0.3) is 11.3 Å². The predicted molar refractivity (Wildman–Crippen MR) is 128 cm³/mol. The molecule has 5 unspecified atom stereocenters. The molecule has 198 valence electrons. The SMILES string of the molecule is O=C(O)C1(N2C(Cl)C(O)C2OCc2c(-c3c(Cl)cccc3Cl)noc2C2CC2)C=CC=NC1C(F)(F)F. The molecule has 1 aromatic carbocycles. The maximum absolute atomic E-state index is 13.9. The largest absolute Gasteiger partial charge is 0.480 e. The molecule has 3 aliphatic rings. The monoisotopic (exact) mass is 579 g/mol. The van der Waals surface area contributed by atoms with Gasteiger partial charge in [-0.25, -0.2) is 9.69 Å². The molecule has 2 N–H and O–H groups in total. The number of halogens is 6. The number of carbonyl (C=O) groups is 1. The number of aromatic nitrogens is 1. The Morgan fingerprint density at radius 3 is 2.54 bits per heavy atom. The van der Waals surface area contributed by atoms with Crippen molar-refractivity contribution in [2.45, 2.75) is 61.0 Å². The average molecular weight is 581 g/mol. The van der Waals surface area contributed by atoms with Crippen LogP contribution in [0.5, 0.6) is 0 Å². The molecule has 1 aromatic heterocycles. The van der Waals surface area contributed by atoms with Crippen molar-refractivity contribution in [2.24, 2.45) is 4.99 Å². The molecule has 2 aliphatic heterocycles. The van der Waals surface area contributed by atoms with Gasteiger partial charge in [0.1, 0.15) is 29.3 Å². The normalized spacial score (nSPS) is 29.9. The summed E-state index contributed by atoms with van der Waals surface area (Å²) in [6.07, 6.45) is -3.57. The van der Waals surface area contributed by atoms with Crippen LogP contribution in [0.15, 0.2) is 39.9 Å². The molecule has 0 bridgehead atoms. The lowest BCUT2D eigenvalue weighted by molar-refractivity contribution is -0.267. The molecule has 1 aliphatic carbocycles. The number of carboxylic acids is 1. The first-order valence-electron chi connectivity index (χ1n) is 11.1. The van der Waals surface area contributed by atoms with Crippen LogP contribution in [-0.2, 0) is 16.1 Å². The smallest absolute Gasteiger partial charge is 0.413 e. The molecule has 0 spiro atoms. The number of aliphatic hydroxyl groups is 1. The van der Waals surface area contributed by atoms with Gasteiger partial charge in [-0.05, 0) is 37.1 Å². The Hall–Kier alpha value is -2.15. The third-order valence-electron chi connectivity index (χ3n) is 6.65. The summed E-state index contributed by atoms with van der Waals surface area (Å²) in [6, 6.07) is 2.19. The molecule has 3 heterocycles. The minimum absolute atomic E-state index is 0.0555. The van der Waals surface area contributed by atoms with Crippen LogP contribution in [0, 0.1) is 0 Å². The second-order valence-corrected chi connectivity index (χ2v) is 10.2. The van der Waals surface area contributed by atoms with Gasteiger partial charge < -0.3 is 19.5 Å². The molecule has 5 rings (SSSR count). The van der Waals surface area contributed by atoms with Crippen LogP contribution < -0.4 is 0 Å². The zero-order chi connectivity index (χ0) is 26.7. The molecule has 2 fully saturated rings. The van der Waals surface area contributed by atoms with Crippen molar-refractivity contribution in [3.8, 4) is 11.3 Å². The van der Waals surface area contributed by atoms with Gasteiger partial charge in [0, 0.05) is 23.3 Å². The summed E-state index contributed by atoms with van der Waals surface area (Å²) in [5.41, 5.74) is -3.14. The summed E-state index contributed by atoms with van der Waals surface area (Å²) in [5.74, 6) is -1.29. The number of hydrogen-bond donors (Lipinski definition) is 2. The Morgan fingerprint density at radius 1 is 1.27 bits per heavy atom.